The van der Waals surface area contributed by atoms with Gasteiger partial charge in [-0.15, -0.1) is 0 Å². The van der Waals surface area contributed by atoms with Crippen molar-refractivity contribution in [2.24, 2.45) is 11.7 Å². The zero-order valence-corrected chi connectivity index (χ0v) is 9.23. The second kappa shape index (κ2) is 4.53. The van der Waals surface area contributed by atoms with Gasteiger partial charge in [0, 0.05) is 34.5 Å². The molecular formula is C9H19NO2S. The third kappa shape index (κ3) is 4.74. The van der Waals surface area contributed by atoms with E-state index in [2.05, 4.69) is 0 Å². The first-order valence-electron chi connectivity index (χ1n) is 4.69. The Morgan fingerprint density at radius 3 is 2.77 bits per heavy atom. The maximum atomic E-state index is 11.6. The van der Waals surface area contributed by atoms with Crippen molar-refractivity contribution in [2.75, 3.05) is 24.7 Å². The van der Waals surface area contributed by atoms with E-state index in [-0.39, 0.29) is 5.54 Å². The van der Waals surface area contributed by atoms with Crippen LogP contribution < -0.4 is 5.73 Å². The predicted octanol–water partition coefficient (Wildman–Crippen LogP) is 0.509. The number of hydrogen-bond acceptors (Lipinski definition) is 3. The molecule has 1 aliphatic heterocycles. The molecule has 0 saturated carbocycles. The molecule has 4 heteroatoms. The lowest BCUT2D eigenvalue weighted by molar-refractivity contribution is 0.189. The van der Waals surface area contributed by atoms with Crippen LogP contribution in [0.3, 0.4) is 0 Å². The molecule has 0 spiro atoms. The van der Waals surface area contributed by atoms with E-state index in [4.69, 9.17) is 10.5 Å². The van der Waals surface area contributed by atoms with Crippen molar-refractivity contribution in [1.29, 1.82) is 0 Å². The van der Waals surface area contributed by atoms with E-state index in [1.54, 1.807) is 0 Å². The van der Waals surface area contributed by atoms with Crippen molar-refractivity contribution < 1.29 is 8.95 Å². The molecule has 3 nitrogen and oxygen atoms in total. The average Bonchev–Trinajstić information content (AvgIpc) is 2.34. The molecule has 0 aliphatic carbocycles. The monoisotopic (exact) mass is 205 g/mol. The number of rotatable bonds is 4. The molecule has 0 radical (unpaired) electrons. The molecule has 0 aromatic rings. The maximum Gasteiger partial charge on any atom is 0.0503 e. The highest BCUT2D eigenvalue weighted by Gasteiger charge is 2.21. The van der Waals surface area contributed by atoms with Crippen LogP contribution in [-0.4, -0.2) is 34.5 Å². The summed E-state index contributed by atoms with van der Waals surface area (Å²) >= 11 is 0. The first-order chi connectivity index (χ1) is 5.97. The van der Waals surface area contributed by atoms with Gasteiger partial charge in [-0.05, 0) is 26.2 Å². The van der Waals surface area contributed by atoms with E-state index in [0.717, 1.165) is 25.4 Å². The predicted molar refractivity (Wildman–Crippen MR) is 55.1 cm³/mol. The van der Waals surface area contributed by atoms with Crippen molar-refractivity contribution in [3.05, 3.63) is 0 Å². The molecule has 0 aromatic carbocycles. The molecule has 1 heterocycles. The normalized spacial score (nSPS) is 26.2. The summed E-state index contributed by atoms with van der Waals surface area (Å²) in [4.78, 5) is 0. The van der Waals surface area contributed by atoms with Gasteiger partial charge in [-0.3, -0.25) is 4.21 Å². The fourth-order valence-corrected chi connectivity index (χ4v) is 3.19. The van der Waals surface area contributed by atoms with Crippen LogP contribution in [0, 0.1) is 5.92 Å². The maximum absolute atomic E-state index is 11.6. The summed E-state index contributed by atoms with van der Waals surface area (Å²) in [6.07, 6.45) is 1.05. The SMILES string of the molecule is CC(C)(N)CS(=O)CC1CCOC1. The summed E-state index contributed by atoms with van der Waals surface area (Å²) in [5.74, 6) is 1.83. The second-order valence-electron chi connectivity index (χ2n) is 4.47. The van der Waals surface area contributed by atoms with Crippen LogP contribution in [0.15, 0.2) is 0 Å². The minimum absolute atomic E-state index is 0.315. The summed E-state index contributed by atoms with van der Waals surface area (Å²) in [6, 6.07) is 0. The quantitative estimate of drug-likeness (QED) is 0.727. The van der Waals surface area contributed by atoms with Crippen molar-refractivity contribution in [2.45, 2.75) is 25.8 Å². The minimum Gasteiger partial charge on any atom is -0.381 e. The molecule has 1 rings (SSSR count). The smallest absolute Gasteiger partial charge is 0.0503 e. The zero-order valence-electron chi connectivity index (χ0n) is 8.41. The third-order valence-corrected chi connectivity index (χ3v) is 3.89. The highest BCUT2D eigenvalue weighted by molar-refractivity contribution is 7.85. The van der Waals surface area contributed by atoms with Crippen LogP contribution in [0.2, 0.25) is 0 Å². The number of nitrogens with two attached hydrogens (primary N) is 1. The van der Waals surface area contributed by atoms with Gasteiger partial charge in [0.25, 0.3) is 0 Å². The van der Waals surface area contributed by atoms with E-state index in [9.17, 15) is 4.21 Å². The Labute approximate surface area is 82.5 Å². The number of ether oxygens (including phenoxy) is 1. The molecule has 0 bridgehead atoms. The molecule has 1 saturated heterocycles. The zero-order chi connectivity index (χ0) is 9.90. The highest BCUT2D eigenvalue weighted by atomic mass is 32.2. The Bertz CT molecular complexity index is 183. The van der Waals surface area contributed by atoms with Crippen molar-refractivity contribution in [1.82, 2.24) is 0 Å². The topological polar surface area (TPSA) is 52.3 Å². The summed E-state index contributed by atoms with van der Waals surface area (Å²) in [5.41, 5.74) is 5.47. The second-order valence-corrected chi connectivity index (χ2v) is 5.97. The van der Waals surface area contributed by atoms with Gasteiger partial charge in [-0.1, -0.05) is 0 Å². The lowest BCUT2D eigenvalue weighted by Crippen LogP contribution is -2.39. The third-order valence-electron chi connectivity index (χ3n) is 1.98. The van der Waals surface area contributed by atoms with Crippen LogP contribution in [0.25, 0.3) is 0 Å². The van der Waals surface area contributed by atoms with Gasteiger partial charge in [0.05, 0.1) is 6.61 Å². The van der Waals surface area contributed by atoms with Crippen LogP contribution in [-0.2, 0) is 15.5 Å². The average molecular weight is 205 g/mol. The molecule has 2 N–H and O–H groups in total. The fourth-order valence-electron chi connectivity index (χ4n) is 1.45. The van der Waals surface area contributed by atoms with E-state index >= 15 is 0 Å². The fraction of sp³-hybridized carbons (Fsp3) is 1.00. The molecule has 0 aromatic heterocycles. The molecule has 13 heavy (non-hydrogen) atoms. The molecule has 1 aliphatic rings. The Morgan fingerprint density at radius 1 is 1.62 bits per heavy atom. The summed E-state index contributed by atoms with van der Waals surface area (Å²) in [5, 5.41) is 0. The van der Waals surface area contributed by atoms with E-state index in [1.807, 2.05) is 13.8 Å². The molecule has 2 unspecified atom stereocenters. The summed E-state index contributed by atoms with van der Waals surface area (Å²) in [6.45, 7) is 5.43. The first kappa shape index (κ1) is 11.1. The van der Waals surface area contributed by atoms with Gasteiger partial charge in [-0.2, -0.15) is 0 Å². The lowest BCUT2D eigenvalue weighted by Gasteiger charge is -2.18. The van der Waals surface area contributed by atoms with Gasteiger partial charge in [-0.25, -0.2) is 0 Å². The summed E-state index contributed by atoms with van der Waals surface area (Å²) < 4.78 is 16.8. The van der Waals surface area contributed by atoms with Gasteiger partial charge >= 0.3 is 0 Å². The summed E-state index contributed by atoms with van der Waals surface area (Å²) in [7, 11) is -0.784. The minimum atomic E-state index is -0.784. The van der Waals surface area contributed by atoms with Crippen molar-refractivity contribution >= 4 is 10.8 Å². The Balaban J connectivity index is 2.24. The van der Waals surface area contributed by atoms with E-state index in [1.165, 1.54) is 0 Å². The van der Waals surface area contributed by atoms with Crippen LogP contribution in [0.5, 0.6) is 0 Å². The van der Waals surface area contributed by atoms with Gasteiger partial charge in [0.15, 0.2) is 0 Å². The standard InChI is InChI=1S/C9H19NO2S/c1-9(2,10)7-13(11)6-8-3-4-12-5-8/h8H,3-7,10H2,1-2H3. The van der Waals surface area contributed by atoms with Crippen molar-refractivity contribution in [3.8, 4) is 0 Å². The van der Waals surface area contributed by atoms with Crippen molar-refractivity contribution in [3.63, 3.8) is 0 Å². The van der Waals surface area contributed by atoms with Crippen LogP contribution >= 0.6 is 0 Å². The Morgan fingerprint density at radius 2 is 2.31 bits per heavy atom. The Hall–Kier alpha value is 0.0700. The van der Waals surface area contributed by atoms with Gasteiger partial charge in [0.1, 0.15) is 0 Å². The molecule has 2 atom stereocenters. The Kier molecular flexibility index (Phi) is 3.88. The van der Waals surface area contributed by atoms with Crippen LogP contribution in [0.4, 0.5) is 0 Å². The largest absolute Gasteiger partial charge is 0.381 e. The lowest BCUT2D eigenvalue weighted by atomic mass is 10.1. The number of hydrogen-bond donors (Lipinski definition) is 1. The molecule has 78 valence electrons. The molecule has 1 fully saturated rings. The van der Waals surface area contributed by atoms with Gasteiger partial charge in [0.2, 0.25) is 0 Å². The van der Waals surface area contributed by atoms with E-state index < -0.39 is 10.8 Å². The highest BCUT2D eigenvalue weighted by Crippen LogP contribution is 2.14. The van der Waals surface area contributed by atoms with Gasteiger partial charge < -0.3 is 10.5 Å². The first-order valence-corrected chi connectivity index (χ1v) is 6.18. The molecular weight excluding hydrogens is 186 g/mol. The van der Waals surface area contributed by atoms with E-state index in [0.29, 0.717) is 11.7 Å². The van der Waals surface area contributed by atoms with Crippen LogP contribution in [0.1, 0.15) is 20.3 Å². The molecule has 0 amide bonds.